The molecule has 1 unspecified atom stereocenters. The summed E-state index contributed by atoms with van der Waals surface area (Å²) in [5.74, 6) is 0. The molecule has 1 rings (SSSR count). The number of nitrogens with zero attached hydrogens (tertiary/aromatic N) is 2. The molecule has 1 aromatic rings. The molecule has 96 valence electrons. The molecule has 0 radical (unpaired) electrons. The van der Waals surface area contributed by atoms with E-state index in [1.165, 1.54) is 17.4 Å². The van der Waals surface area contributed by atoms with Crippen molar-refractivity contribution in [2.75, 3.05) is 11.9 Å². The van der Waals surface area contributed by atoms with Crippen LogP contribution >= 0.6 is 11.3 Å². The van der Waals surface area contributed by atoms with E-state index in [0.29, 0.717) is 9.88 Å². The second-order valence-corrected chi connectivity index (χ2v) is 5.20. The fraction of sp³-hybridized carbons (Fsp3) is 0.636. The second-order valence-electron chi connectivity index (χ2n) is 4.14. The summed E-state index contributed by atoms with van der Waals surface area (Å²) in [6.45, 7) is 5.67. The molecule has 5 nitrogen and oxygen atoms in total. The van der Waals surface area contributed by atoms with Crippen LogP contribution < -0.4 is 4.90 Å². The molecular formula is C11H18N2O3S. The number of rotatable bonds is 5. The number of nitro groups is 1. The van der Waals surface area contributed by atoms with Gasteiger partial charge in [-0.1, -0.05) is 6.92 Å². The average molecular weight is 258 g/mol. The third-order valence-electron chi connectivity index (χ3n) is 2.89. The van der Waals surface area contributed by atoms with Crippen molar-refractivity contribution in [2.45, 2.75) is 39.3 Å². The molecule has 0 bridgehead atoms. The van der Waals surface area contributed by atoms with E-state index < -0.39 is 11.0 Å². The molecule has 1 heterocycles. The number of aliphatic hydroxyl groups is 1. The zero-order valence-electron chi connectivity index (χ0n) is 10.5. The van der Waals surface area contributed by atoms with Gasteiger partial charge in [-0.25, -0.2) is 0 Å². The van der Waals surface area contributed by atoms with Gasteiger partial charge < -0.3 is 10.0 Å². The molecule has 1 aromatic heterocycles. The van der Waals surface area contributed by atoms with E-state index in [1.54, 1.807) is 6.92 Å². The lowest BCUT2D eigenvalue weighted by atomic mass is 10.2. The maximum Gasteiger partial charge on any atom is 0.304 e. The second kappa shape index (κ2) is 5.46. The first-order chi connectivity index (χ1) is 7.88. The first kappa shape index (κ1) is 13.9. The lowest BCUT2D eigenvalue weighted by Gasteiger charge is -2.23. The molecule has 0 aliphatic carbocycles. The van der Waals surface area contributed by atoms with Crippen molar-refractivity contribution in [2.24, 2.45) is 0 Å². The first-order valence-corrected chi connectivity index (χ1v) is 6.39. The third kappa shape index (κ3) is 2.95. The van der Waals surface area contributed by atoms with Crippen LogP contribution in [0.25, 0.3) is 0 Å². The third-order valence-corrected chi connectivity index (χ3v) is 4.28. The lowest BCUT2D eigenvalue weighted by molar-refractivity contribution is -0.383. The summed E-state index contributed by atoms with van der Waals surface area (Å²) in [6.07, 6.45) is 0.244. The molecule has 0 aliphatic heterocycles. The van der Waals surface area contributed by atoms with Crippen LogP contribution in [0.1, 0.15) is 38.2 Å². The van der Waals surface area contributed by atoms with Crippen molar-refractivity contribution in [1.29, 1.82) is 0 Å². The molecule has 17 heavy (non-hydrogen) atoms. The predicted octanol–water partition coefficient (Wildman–Crippen LogP) is 2.94. The maximum atomic E-state index is 11.0. The van der Waals surface area contributed by atoms with Crippen LogP contribution in [0.15, 0.2) is 6.07 Å². The van der Waals surface area contributed by atoms with Gasteiger partial charge in [0.1, 0.15) is 0 Å². The minimum Gasteiger partial charge on any atom is -0.388 e. The highest BCUT2D eigenvalue weighted by Gasteiger charge is 2.25. The maximum absolute atomic E-state index is 11.0. The number of aliphatic hydroxyl groups excluding tert-OH is 1. The number of hydrogen-bond donors (Lipinski definition) is 1. The predicted molar refractivity (Wildman–Crippen MR) is 69.8 cm³/mol. The van der Waals surface area contributed by atoms with Gasteiger partial charge in [0.15, 0.2) is 5.00 Å². The smallest absolute Gasteiger partial charge is 0.304 e. The van der Waals surface area contributed by atoms with Gasteiger partial charge in [-0.15, -0.1) is 11.3 Å². The van der Waals surface area contributed by atoms with E-state index in [2.05, 4.69) is 0 Å². The Morgan fingerprint density at radius 1 is 1.59 bits per heavy atom. The van der Waals surface area contributed by atoms with Gasteiger partial charge in [-0.2, -0.15) is 0 Å². The first-order valence-electron chi connectivity index (χ1n) is 5.57. The molecular weight excluding hydrogens is 240 g/mol. The Hall–Kier alpha value is -1.14. The lowest BCUT2D eigenvalue weighted by Crippen LogP contribution is -2.27. The van der Waals surface area contributed by atoms with Crippen LogP contribution in [0, 0.1) is 10.1 Å². The Morgan fingerprint density at radius 3 is 2.59 bits per heavy atom. The van der Waals surface area contributed by atoms with E-state index in [1.807, 2.05) is 25.8 Å². The molecule has 0 amide bonds. The highest BCUT2D eigenvalue weighted by atomic mass is 32.1. The van der Waals surface area contributed by atoms with Crippen molar-refractivity contribution in [3.8, 4) is 0 Å². The van der Waals surface area contributed by atoms with E-state index in [-0.39, 0.29) is 11.7 Å². The molecule has 0 aromatic carbocycles. The highest BCUT2D eigenvalue weighted by Crippen LogP contribution is 2.40. The van der Waals surface area contributed by atoms with Crippen LogP contribution in [0.4, 0.5) is 10.7 Å². The van der Waals surface area contributed by atoms with E-state index >= 15 is 0 Å². The van der Waals surface area contributed by atoms with Crippen molar-refractivity contribution >= 4 is 22.0 Å². The summed E-state index contributed by atoms with van der Waals surface area (Å²) in [6, 6.07) is 1.69. The molecule has 6 heteroatoms. The largest absolute Gasteiger partial charge is 0.388 e. The van der Waals surface area contributed by atoms with Gasteiger partial charge >= 0.3 is 5.69 Å². The fourth-order valence-electron chi connectivity index (χ4n) is 1.45. The molecule has 0 fully saturated rings. The molecule has 0 aliphatic rings. The normalized spacial score (nSPS) is 14.4. The molecule has 0 saturated carbocycles. The number of anilines is 1. The minimum atomic E-state index is -0.669. The summed E-state index contributed by atoms with van der Waals surface area (Å²) < 4.78 is 0. The van der Waals surface area contributed by atoms with Crippen LogP contribution in [0.3, 0.4) is 0 Å². The number of hydrogen-bond acceptors (Lipinski definition) is 5. The van der Waals surface area contributed by atoms with Gasteiger partial charge in [0.25, 0.3) is 0 Å². The topological polar surface area (TPSA) is 66.6 Å². The van der Waals surface area contributed by atoms with E-state index in [9.17, 15) is 15.2 Å². The Morgan fingerprint density at radius 2 is 2.18 bits per heavy atom. The summed E-state index contributed by atoms with van der Waals surface area (Å²) in [4.78, 5) is 13.1. The Kier molecular flexibility index (Phi) is 4.47. The van der Waals surface area contributed by atoms with Gasteiger partial charge in [0.05, 0.1) is 11.0 Å². The van der Waals surface area contributed by atoms with Crippen molar-refractivity contribution in [3.63, 3.8) is 0 Å². The zero-order valence-corrected chi connectivity index (χ0v) is 11.3. The van der Waals surface area contributed by atoms with Gasteiger partial charge in [-0.05, 0) is 20.3 Å². The average Bonchev–Trinajstić information content (AvgIpc) is 2.71. The quantitative estimate of drug-likeness (QED) is 0.651. The van der Waals surface area contributed by atoms with E-state index in [0.717, 1.165) is 6.42 Å². The van der Waals surface area contributed by atoms with Crippen molar-refractivity contribution in [1.82, 2.24) is 0 Å². The Balaban J connectivity index is 3.16. The van der Waals surface area contributed by atoms with Crippen molar-refractivity contribution < 1.29 is 10.0 Å². The summed E-state index contributed by atoms with van der Waals surface area (Å²) in [7, 11) is 1.85. The summed E-state index contributed by atoms with van der Waals surface area (Å²) in [5, 5.41) is 21.1. The van der Waals surface area contributed by atoms with Crippen LogP contribution in [-0.2, 0) is 0 Å². The van der Waals surface area contributed by atoms with E-state index in [4.69, 9.17) is 0 Å². The summed E-state index contributed by atoms with van der Waals surface area (Å²) in [5.41, 5.74) is 0.0775. The van der Waals surface area contributed by atoms with Crippen LogP contribution in [0.5, 0.6) is 0 Å². The number of thiophene rings is 1. The zero-order chi connectivity index (χ0) is 13.2. The molecule has 0 spiro atoms. The fourth-order valence-corrected chi connectivity index (χ4v) is 2.58. The van der Waals surface area contributed by atoms with Gasteiger partial charge in [0, 0.05) is 24.0 Å². The SMILES string of the molecule is CCC(C)N(C)c1sc([C@H](C)O)cc1[N+](=O)[O-]. The Bertz CT molecular complexity index is 403. The van der Waals surface area contributed by atoms with Crippen molar-refractivity contribution in [3.05, 3.63) is 21.1 Å². The van der Waals surface area contributed by atoms with Crippen LogP contribution in [-0.4, -0.2) is 23.1 Å². The van der Waals surface area contributed by atoms with Crippen LogP contribution in [0.2, 0.25) is 0 Å². The monoisotopic (exact) mass is 258 g/mol. The molecule has 0 saturated heterocycles. The summed E-state index contributed by atoms with van der Waals surface area (Å²) >= 11 is 1.28. The Labute approximate surface area is 105 Å². The highest BCUT2D eigenvalue weighted by molar-refractivity contribution is 7.16. The van der Waals surface area contributed by atoms with Gasteiger partial charge in [0.2, 0.25) is 0 Å². The molecule has 1 N–H and O–H groups in total. The van der Waals surface area contributed by atoms with Gasteiger partial charge in [-0.3, -0.25) is 10.1 Å². The minimum absolute atomic E-state index is 0.0775. The standard InChI is InChI=1S/C11H18N2O3S/c1-5-7(2)12(4)11-9(13(15)16)6-10(17-11)8(3)14/h6-8,14H,5H2,1-4H3/t7?,8-/m0/s1. The molecule has 2 atom stereocenters.